The zero-order valence-electron chi connectivity index (χ0n) is 8.93. The Morgan fingerprint density at radius 1 is 1.50 bits per heavy atom. The summed E-state index contributed by atoms with van der Waals surface area (Å²) in [7, 11) is 0. The van der Waals surface area contributed by atoms with E-state index in [2.05, 4.69) is 4.74 Å². The molecule has 1 heterocycles. The fraction of sp³-hybridized carbons (Fsp3) is 0.800. The molecule has 0 spiro atoms. The van der Waals surface area contributed by atoms with Crippen LogP contribution in [0.1, 0.15) is 19.3 Å². The zero-order valence-corrected chi connectivity index (χ0v) is 8.93. The summed E-state index contributed by atoms with van der Waals surface area (Å²) in [4.78, 5) is 0. The Bertz CT molecular complexity index is 241. The van der Waals surface area contributed by atoms with Crippen molar-refractivity contribution in [2.24, 2.45) is 5.73 Å². The van der Waals surface area contributed by atoms with E-state index in [4.69, 9.17) is 10.5 Å². The molecule has 1 rings (SSSR count). The molecule has 2 N–H and O–H groups in total. The van der Waals surface area contributed by atoms with Gasteiger partial charge in [0.1, 0.15) is 12.4 Å². The summed E-state index contributed by atoms with van der Waals surface area (Å²) >= 11 is 0. The van der Waals surface area contributed by atoms with Crippen molar-refractivity contribution < 1.29 is 22.6 Å². The van der Waals surface area contributed by atoms with E-state index in [9.17, 15) is 13.2 Å². The molecule has 1 unspecified atom stereocenters. The van der Waals surface area contributed by atoms with Crippen LogP contribution in [-0.4, -0.2) is 32.0 Å². The van der Waals surface area contributed by atoms with Gasteiger partial charge in [-0.3, -0.25) is 0 Å². The molecule has 6 heteroatoms. The van der Waals surface area contributed by atoms with E-state index in [0.29, 0.717) is 18.8 Å². The molecule has 0 aliphatic carbocycles. The first-order chi connectivity index (χ1) is 7.49. The molecule has 0 fully saturated rings. The number of nitrogens with two attached hydrogens (primary N) is 1. The normalized spacial score (nSPS) is 18.9. The summed E-state index contributed by atoms with van der Waals surface area (Å²) in [5.41, 5.74) is 5.74. The Morgan fingerprint density at radius 3 is 2.81 bits per heavy atom. The second-order valence-corrected chi connectivity index (χ2v) is 3.66. The molecule has 0 aromatic carbocycles. The lowest BCUT2D eigenvalue weighted by atomic mass is 10.1. The van der Waals surface area contributed by atoms with Crippen molar-refractivity contribution >= 4 is 0 Å². The molecule has 16 heavy (non-hydrogen) atoms. The zero-order chi connectivity index (χ0) is 12.0. The summed E-state index contributed by atoms with van der Waals surface area (Å²) in [5.74, 6) is 0.668. The molecular weight excluding hydrogens is 223 g/mol. The molecule has 1 aliphatic heterocycles. The van der Waals surface area contributed by atoms with Gasteiger partial charge >= 0.3 is 6.18 Å². The molecule has 1 aliphatic rings. The van der Waals surface area contributed by atoms with Crippen LogP contribution in [0.3, 0.4) is 0 Å². The Morgan fingerprint density at radius 2 is 2.25 bits per heavy atom. The van der Waals surface area contributed by atoms with Gasteiger partial charge in [-0.2, -0.15) is 13.2 Å². The fourth-order valence-electron chi connectivity index (χ4n) is 1.38. The first-order valence-electron chi connectivity index (χ1n) is 5.22. The van der Waals surface area contributed by atoms with Crippen molar-refractivity contribution in [1.29, 1.82) is 0 Å². The highest BCUT2D eigenvalue weighted by Gasteiger charge is 2.27. The lowest BCUT2D eigenvalue weighted by molar-refractivity contribution is -0.174. The first-order valence-corrected chi connectivity index (χ1v) is 5.22. The molecule has 3 nitrogen and oxygen atoms in total. The Labute approximate surface area is 92.4 Å². The van der Waals surface area contributed by atoms with Crippen LogP contribution in [0.15, 0.2) is 11.8 Å². The van der Waals surface area contributed by atoms with E-state index in [1.807, 2.05) is 6.08 Å². The van der Waals surface area contributed by atoms with Crippen LogP contribution >= 0.6 is 0 Å². The van der Waals surface area contributed by atoms with Crippen LogP contribution in [0.25, 0.3) is 0 Å². The Kier molecular flexibility index (Phi) is 5.08. The van der Waals surface area contributed by atoms with Gasteiger partial charge in [0.2, 0.25) is 0 Å². The molecule has 1 atom stereocenters. The topological polar surface area (TPSA) is 44.5 Å². The summed E-state index contributed by atoms with van der Waals surface area (Å²) < 4.78 is 45.0. The lowest BCUT2D eigenvalue weighted by Gasteiger charge is -2.20. The van der Waals surface area contributed by atoms with Crippen molar-refractivity contribution in [1.82, 2.24) is 0 Å². The first kappa shape index (κ1) is 13.3. The molecule has 94 valence electrons. The van der Waals surface area contributed by atoms with Crippen LogP contribution < -0.4 is 5.73 Å². The van der Waals surface area contributed by atoms with Crippen LogP contribution in [0.5, 0.6) is 0 Å². The third-order valence-corrected chi connectivity index (χ3v) is 2.17. The van der Waals surface area contributed by atoms with Crippen molar-refractivity contribution in [3.63, 3.8) is 0 Å². The highest BCUT2D eigenvalue weighted by molar-refractivity contribution is 5.04. The quantitative estimate of drug-likeness (QED) is 0.746. The summed E-state index contributed by atoms with van der Waals surface area (Å²) in [5, 5.41) is 0. The number of hydrogen-bond acceptors (Lipinski definition) is 3. The summed E-state index contributed by atoms with van der Waals surface area (Å²) in [6, 6.07) is -0.367. The van der Waals surface area contributed by atoms with Gasteiger partial charge in [0.05, 0.1) is 12.6 Å². The number of allylic oxidation sites excluding steroid dienone is 1. The minimum atomic E-state index is -4.27. The monoisotopic (exact) mass is 239 g/mol. The molecule has 0 saturated carbocycles. The standard InChI is InChI=1S/C10H16F3NO2/c11-10(12,13)7-15-6-4-8(14)9-3-1-2-5-16-9/h3,8H,1-2,4-7,14H2. The number of halogens is 3. The predicted molar refractivity (Wildman–Crippen MR) is 52.7 cm³/mol. The van der Waals surface area contributed by atoms with Gasteiger partial charge in [-0.1, -0.05) is 0 Å². The van der Waals surface area contributed by atoms with Gasteiger partial charge in [-0.15, -0.1) is 0 Å². The largest absolute Gasteiger partial charge is 0.497 e. The van der Waals surface area contributed by atoms with E-state index >= 15 is 0 Å². The average Bonchev–Trinajstić information content (AvgIpc) is 2.24. The minimum Gasteiger partial charge on any atom is -0.497 e. The van der Waals surface area contributed by atoms with Crippen LogP contribution in [0.2, 0.25) is 0 Å². The lowest BCUT2D eigenvalue weighted by Crippen LogP contribution is -2.28. The molecule has 0 saturated heterocycles. The van der Waals surface area contributed by atoms with E-state index in [0.717, 1.165) is 12.8 Å². The third-order valence-electron chi connectivity index (χ3n) is 2.17. The highest BCUT2D eigenvalue weighted by atomic mass is 19.4. The van der Waals surface area contributed by atoms with E-state index in [-0.39, 0.29) is 12.6 Å². The van der Waals surface area contributed by atoms with E-state index in [1.54, 1.807) is 0 Å². The van der Waals surface area contributed by atoms with Crippen LogP contribution in [0, 0.1) is 0 Å². The molecule has 0 aromatic heterocycles. The summed E-state index contributed by atoms with van der Waals surface area (Å²) in [6.45, 7) is -0.607. The van der Waals surface area contributed by atoms with Crippen molar-refractivity contribution in [2.45, 2.75) is 31.5 Å². The molecule has 0 radical (unpaired) electrons. The van der Waals surface area contributed by atoms with Gasteiger partial charge < -0.3 is 15.2 Å². The number of ether oxygens (including phenoxy) is 2. The number of alkyl halides is 3. The van der Waals surface area contributed by atoms with Crippen LogP contribution in [-0.2, 0) is 9.47 Å². The number of hydrogen-bond donors (Lipinski definition) is 1. The maximum atomic E-state index is 11.7. The van der Waals surface area contributed by atoms with Gasteiger partial charge in [-0.25, -0.2) is 0 Å². The van der Waals surface area contributed by atoms with Crippen molar-refractivity contribution in [2.75, 3.05) is 19.8 Å². The molecular formula is C10H16F3NO2. The summed E-state index contributed by atoms with van der Waals surface area (Å²) in [6.07, 6.45) is -0.183. The van der Waals surface area contributed by atoms with E-state index < -0.39 is 12.8 Å². The van der Waals surface area contributed by atoms with Gasteiger partial charge in [-0.05, 0) is 25.3 Å². The van der Waals surface area contributed by atoms with E-state index in [1.165, 1.54) is 0 Å². The Hall–Kier alpha value is -0.750. The maximum Gasteiger partial charge on any atom is 0.411 e. The average molecular weight is 239 g/mol. The minimum absolute atomic E-state index is 0.0125. The second kappa shape index (κ2) is 6.10. The van der Waals surface area contributed by atoms with Gasteiger partial charge in [0.15, 0.2) is 0 Å². The molecule has 0 aromatic rings. The maximum absolute atomic E-state index is 11.7. The smallest absolute Gasteiger partial charge is 0.411 e. The van der Waals surface area contributed by atoms with Gasteiger partial charge in [0, 0.05) is 6.61 Å². The predicted octanol–water partition coefficient (Wildman–Crippen LogP) is 1.98. The second-order valence-electron chi connectivity index (χ2n) is 3.66. The van der Waals surface area contributed by atoms with Crippen LogP contribution in [0.4, 0.5) is 13.2 Å². The molecule has 0 bridgehead atoms. The highest BCUT2D eigenvalue weighted by Crippen LogP contribution is 2.16. The molecule has 0 amide bonds. The third kappa shape index (κ3) is 5.37. The number of rotatable bonds is 5. The van der Waals surface area contributed by atoms with Crippen molar-refractivity contribution in [3.05, 3.63) is 11.8 Å². The van der Waals surface area contributed by atoms with Gasteiger partial charge in [0.25, 0.3) is 0 Å². The van der Waals surface area contributed by atoms with Crippen molar-refractivity contribution in [3.8, 4) is 0 Å². The SMILES string of the molecule is NC(CCOCC(F)(F)F)C1=CCCCO1. The Balaban J connectivity index is 2.15. The fourth-order valence-corrected chi connectivity index (χ4v) is 1.38.